The van der Waals surface area contributed by atoms with Crippen LogP contribution in [0.15, 0.2) is 108 Å². The van der Waals surface area contributed by atoms with Gasteiger partial charge in [0.2, 0.25) is 0 Å². The largest absolute Gasteiger partial charge is 0.0946 e. The molecule has 0 N–H and O–H groups in total. The molecule has 0 aromatic heterocycles. The van der Waals surface area contributed by atoms with Crippen molar-refractivity contribution in [3.63, 3.8) is 0 Å². The van der Waals surface area contributed by atoms with E-state index in [9.17, 15) is 0 Å². The smallest absolute Gasteiger partial charge is 0.0232 e. The molecule has 3 aromatic rings. The molecule has 2 unspecified atom stereocenters. The molecule has 0 saturated heterocycles. The Morgan fingerprint density at radius 3 is 1.41 bits per heavy atom. The van der Waals surface area contributed by atoms with E-state index in [0.717, 1.165) is 12.8 Å². The van der Waals surface area contributed by atoms with Crippen LogP contribution in [0.1, 0.15) is 22.3 Å². The monoisotopic (exact) mass is 412 g/mol. The number of benzene rings is 3. The second-order valence-corrected chi connectivity index (χ2v) is 9.59. The van der Waals surface area contributed by atoms with Crippen LogP contribution in [0.5, 0.6) is 0 Å². The lowest BCUT2D eigenvalue weighted by atomic mass is 9.62. The van der Waals surface area contributed by atoms with Crippen molar-refractivity contribution in [2.75, 3.05) is 0 Å². The predicted octanol–water partition coefficient (Wildman–Crippen LogP) is 7.96. The Bertz CT molecular complexity index is 1270. The Kier molecular flexibility index (Phi) is 4.27. The quantitative estimate of drug-likeness (QED) is 0.375. The Morgan fingerprint density at radius 1 is 0.594 bits per heavy atom. The molecule has 156 valence electrons. The maximum atomic E-state index is 4.38. The molecule has 2 atom stereocenters. The summed E-state index contributed by atoms with van der Waals surface area (Å²) in [4.78, 5) is 0. The lowest BCUT2D eigenvalue weighted by molar-refractivity contribution is 0.650. The van der Waals surface area contributed by atoms with Crippen LogP contribution in [0.2, 0.25) is 0 Å². The van der Waals surface area contributed by atoms with Gasteiger partial charge in [-0.1, -0.05) is 85.0 Å². The van der Waals surface area contributed by atoms with Gasteiger partial charge in [-0.15, -0.1) is 0 Å². The van der Waals surface area contributed by atoms with Gasteiger partial charge >= 0.3 is 0 Å². The third kappa shape index (κ3) is 2.76. The number of hydrogen-bond donors (Lipinski definition) is 0. The fourth-order valence-corrected chi connectivity index (χ4v) is 5.98. The zero-order chi connectivity index (χ0) is 22.0. The summed E-state index contributed by atoms with van der Waals surface area (Å²) in [6.45, 7) is 13.2. The number of fused-ring (bicyclic) bond motifs is 2. The third-order valence-corrected chi connectivity index (χ3v) is 7.79. The van der Waals surface area contributed by atoms with Crippen LogP contribution in [-0.2, 0) is 12.8 Å². The molecule has 4 aliphatic carbocycles. The summed E-state index contributed by atoms with van der Waals surface area (Å²) in [6.07, 6.45) is 6.76. The summed E-state index contributed by atoms with van der Waals surface area (Å²) in [5.41, 5.74) is 16.5. The van der Waals surface area contributed by atoms with E-state index in [0.29, 0.717) is 11.8 Å². The van der Waals surface area contributed by atoms with Crippen LogP contribution in [0, 0.1) is 25.7 Å². The average Bonchev–Trinajstić information content (AvgIpc) is 2.80. The summed E-state index contributed by atoms with van der Waals surface area (Å²) in [5, 5.41) is 0. The molecule has 7 rings (SSSR count). The van der Waals surface area contributed by atoms with Crippen molar-refractivity contribution in [1.29, 1.82) is 0 Å². The second kappa shape index (κ2) is 7.07. The lowest BCUT2D eigenvalue weighted by Gasteiger charge is -2.42. The van der Waals surface area contributed by atoms with E-state index >= 15 is 0 Å². The molecule has 0 fully saturated rings. The molecule has 0 heterocycles. The van der Waals surface area contributed by atoms with Crippen molar-refractivity contribution in [2.45, 2.75) is 26.7 Å². The van der Waals surface area contributed by atoms with E-state index in [-0.39, 0.29) is 0 Å². The van der Waals surface area contributed by atoms with Gasteiger partial charge < -0.3 is 0 Å². The first-order valence-electron chi connectivity index (χ1n) is 11.6. The first kappa shape index (κ1) is 19.3. The minimum atomic E-state index is 0.341. The molecular formula is C32H28. The van der Waals surface area contributed by atoms with E-state index in [1.807, 2.05) is 0 Å². The van der Waals surface area contributed by atoms with Gasteiger partial charge in [-0.2, -0.15) is 0 Å². The highest BCUT2D eigenvalue weighted by atomic mass is 14.4. The first-order chi connectivity index (χ1) is 15.5. The van der Waals surface area contributed by atoms with E-state index < -0.39 is 0 Å². The second-order valence-electron chi connectivity index (χ2n) is 9.59. The zero-order valence-electron chi connectivity index (χ0n) is 18.9. The van der Waals surface area contributed by atoms with Gasteiger partial charge in [-0.05, 0) is 94.5 Å². The van der Waals surface area contributed by atoms with Crippen molar-refractivity contribution >= 4 is 0 Å². The Balaban J connectivity index is 1.56. The van der Waals surface area contributed by atoms with Gasteiger partial charge in [0.1, 0.15) is 0 Å². The van der Waals surface area contributed by atoms with Crippen LogP contribution in [0.4, 0.5) is 0 Å². The number of allylic oxidation sites excluding steroid dienone is 6. The van der Waals surface area contributed by atoms with Crippen LogP contribution in [0.25, 0.3) is 22.3 Å². The molecule has 2 bridgehead atoms. The van der Waals surface area contributed by atoms with Crippen LogP contribution < -0.4 is 0 Å². The third-order valence-electron chi connectivity index (χ3n) is 7.79. The lowest BCUT2D eigenvalue weighted by Crippen LogP contribution is -2.30. The summed E-state index contributed by atoms with van der Waals surface area (Å²) in [6, 6.07) is 22.5. The summed E-state index contributed by atoms with van der Waals surface area (Å²) < 4.78 is 0. The fourth-order valence-electron chi connectivity index (χ4n) is 5.98. The van der Waals surface area contributed by atoms with Crippen LogP contribution >= 0.6 is 0 Å². The van der Waals surface area contributed by atoms with Gasteiger partial charge in [-0.25, -0.2) is 0 Å². The van der Waals surface area contributed by atoms with Crippen molar-refractivity contribution in [2.24, 2.45) is 11.8 Å². The first-order valence-corrected chi connectivity index (χ1v) is 11.6. The van der Waals surface area contributed by atoms with Crippen LogP contribution in [-0.4, -0.2) is 0 Å². The normalized spacial score (nSPS) is 21.1. The predicted molar refractivity (Wildman–Crippen MR) is 136 cm³/mol. The van der Waals surface area contributed by atoms with Gasteiger partial charge in [0.25, 0.3) is 0 Å². The van der Waals surface area contributed by atoms with E-state index in [2.05, 4.69) is 99.8 Å². The summed E-state index contributed by atoms with van der Waals surface area (Å²) >= 11 is 0. The van der Waals surface area contributed by atoms with Gasteiger partial charge in [0.15, 0.2) is 0 Å². The Labute approximate surface area is 191 Å². The molecule has 3 aromatic carbocycles. The fraction of sp³-hybridized carbons (Fsp3) is 0.188. The molecule has 0 heteroatoms. The van der Waals surface area contributed by atoms with Crippen molar-refractivity contribution < 1.29 is 0 Å². The molecule has 0 saturated carbocycles. The molecule has 32 heavy (non-hydrogen) atoms. The molecule has 0 aliphatic heterocycles. The van der Waals surface area contributed by atoms with E-state index in [1.54, 1.807) is 11.1 Å². The summed E-state index contributed by atoms with van der Waals surface area (Å²) in [7, 11) is 0. The number of aryl methyl sites for hydroxylation is 2. The Hall–Kier alpha value is -3.38. The van der Waals surface area contributed by atoms with Crippen molar-refractivity contribution in [1.82, 2.24) is 0 Å². The molecule has 0 nitrogen and oxygen atoms in total. The Morgan fingerprint density at radius 2 is 1.00 bits per heavy atom. The van der Waals surface area contributed by atoms with Crippen molar-refractivity contribution in [3.05, 3.63) is 131 Å². The topological polar surface area (TPSA) is 0 Å². The standard InChI is InChI=1S/C32H28/c1-19-9-5-7-11-25(19)29-15-23-17-31-27-13-14-28(22(4)21(27)3)32(31)18-24(23)16-30(29)26-12-8-6-10-20(26)2/h5-16,27-28H,3-4,17-18H2,1-2H3. The molecular weight excluding hydrogens is 384 g/mol. The van der Waals surface area contributed by atoms with Gasteiger partial charge in [-0.3, -0.25) is 0 Å². The highest BCUT2D eigenvalue weighted by molar-refractivity contribution is 5.87. The SMILES string of the molecule is C=C1C(=C)C2C=CC1C1=C2Cc2cc(-c3ccccc3C)c(-c3ccccc3C)cc2C1. The molecule has 0 amide bonds. The van der Waals surface area contributed by atoms with Gasteiger partial charge in [0.05, 0.1) is 0 Å². The van der Waals surface area contributed by atoms with Crippen molar-refractivity contribution in [3.8, 4) is 22.3 Å². The van der Waals surface area contributed by atoms with E-state index in [4.69, 9.17) is 0 Å². The highest BCUT2D eigenvalue weighted by Crippen LogP contribution is 2.51. The minimum Gasteiger partial charge on any atom is -0.0946 e. The minimum absolute atomic E-state index is 0.341. The van der Waals surface area contributed by atoms with E-state index in [1.165, 1.54) is 55.7 Å². The summed E-state index contributed by atoms with van der Waals surface area (Å²) in [5.74, 6) is 0.683. The highest BCUT2D eigenvalue weighted by Gasteiger charge is 2.38. The maximum absolute atomic E-state index is 4.38. The molecule has 0 radical (unpaired) electrons. The molecule has 4 aliphatic rings. The average molecular weight is 413 g/mol. The van der Waals surface area contributed by atoms with Gasteiger partial charge in [0, 0.05) is 11.8 Å². The zero-order valence-corrected chi connectivity index (χ0v) is 18.9. The molecule has 0 spiro atoms. The maximum Gasteiger partial charge on any atom is 0.0232 e. The number of rotatable bonds is 2. The van der Waals surface area contributed by atoms with Crippen LogP contribution in [0.3, 0.4) is 0 Å². The number of hydrogen-bond acceptors (Lipinski definition) is 0.